The molecule has 1 heterocycles. The molecule has 1 aliphatic carbocycles. The number of methoxy groups -OCH3 is 1. The lowest BCUT2D eigenvalue weighted by molar-refractivity contribution is 0.414. The van der Waals surface area contributed by atoms with Crippen LogP contribution in [0.4, 0.5) is 10.7 Å². The third-order valence-electron chi connectivity index (χ3n) is 2.65. The van der Waals surface area contributed by atoms with Crippen LogP contribution in [0.2, 0.25) is 0 Å². The maximum atomic E-state index is 8.85. The molecule has 2 rings (SSSR count). The van der Waals surface area contributed by atoms with Gasteiger partial charge in [-0.3, -0.25) is 0 Å². The van der Waals surface area contributed by atoms with Crippen molar-refractivity contribution in [3.05, 3.63) is 4.88 Å². The van der Waals surface area contributed by atoms with Crippen molar-refractivity contribution >= 4 is 22.0 Å². The van der Waals surface area contributed by atoms with Gasteiger partial charge in [-0.1, -0.05) is 0 Å². The molecule has 15 heavy (non-hydrogen) atoms. The number of hydrogen-bond acceptors (Lipinski definition) is 5. The molecule has 1 aromatic heterocycles. The van der Waals surface area contributed by atoms with Gasteiger partial charge >= 0.3 is 0 Å². The van der Waals surface area contributed by atoms with E-state index in [0.29, 0.717) is 22.4 Å². The van der Waals surface area contributed by atoms with Gasteiger partial charge in [0, 0.05) is 6.04 Å². The number of nitrogens with one attached hydrogen (secondary N) is 1. The fourth-order valence-electron chi connectivity index (χ4n) is 1.55. The maximum absolute atomic E-state index is 8.85. The molecule has 1 saturated carbocycles. The zero-order valence-electron chi connectivity index (χ0n) is 8.54. The average Bonchev–Trinajstić information content (AvgIpc) is 2.48. The Morgan fingerprint density at radius 1 is 1.60 bits per heavy atom. The molecular weight excluding hydrogens is 210 g/mol. The first-order valence-corrected chi connectivity index (χ1v) is 5.70. The SMILES string of the molecule is COc1c(NC2CCC2)sc(C#N)c1N. The van der Waals surface area contributed by atoms with Gasteiger partial charge in [0.1, 0.15) is 21.6 Å². The Morgan fingerprint density at radius 2 is 2.33 bits per heavy atom. The lowest BCUT2D eigenvalue weighted by Gasteiger charge is -2.26. The van der Waals surface area contributed by atoms with Crippen LogP contribution in [-0.4, -0.2) is 13.2 Å². The Bertz CT molecular complexity index is 404. The van der Waals surface area contributed by atoms with Crippen molar-refractivity contribution in [2.24, 2.45) is 0 Å². The molecule has 0 aliphatic heterocycles. The molecule has 0 aromatic carbocycles. The summed E-state index contributed by atoms with van der Waals surface area (Å²) in [5.74, 6) is 0.614. The zero-order chi connectivity index (χ0) is 10.8. The lowest BCUT2D eigenvalue weighted by Crippen LogP contribution is -2.26. The third kappa shape index (κ3) is 1.73. The van der Waals surface area contributed by atoms with Gasteiger partial charge in [0.05, 0.1) is 7.11 Å². The van der Waals surface area contributed by atoms with E-state index in [4.69, 9.17) is 15.7 Å². The molecule has 0 atom stereocenters. The maximum Gasteiger partial charge on any atom is 0.177 e. The van der Waals surface area contributed by atoms with Gasteiger partial charge in [-0.15, -0.1) is 11.3 Å². The van der Waals surface area contributed by atoms with E-state index in [-0.39, 0.29) is 0 Å². The number of nitrogen functional groups attached to an aromatic ring is 1. The smallest absolute Gasteiger partial charge is 0.177 e. The number of nitrogens with two attached hydrogens (primary N) is 1. The molecular formula is C10H13N3OS. The highest BCUT2D eigenvalue weighted by Crippen LogP contribution is 2.43. The highest BCUT2D eigenvalue weighted by atomic mass is 32.1. The summed E-state index contributed by atoms with van der Waals surface area (Å²) in [5.41, 5.74) is 6.23. The van der Waals surface area contributed by atoms with E-state index in [2.05, 4.69) is 11.4 Å². The van der Waals surface area contributed by atoms with Gasteiger partial charge in [0.2, 0.25) is 0 Å². The second kappa shape index (κ2) is 3.99. The fraction of sp³-hybridized carbons (Fsp3) is 0.500. The molecule has 0 spiro atoms. The number of nitrogens with zero attached hydrogens (tertiary/aromatic N) is 1. The molecule has 3 N–H and O–H groups in total. The molecule has 1 fully saturated rings. The minimum absolute atomic E-state index is 0.451. The molecule has 4 nitrogen and oxygen atoms in total. The first kappa shape index (κ1) is 10.1. The van der Waals surface area contributed by atoms with Crippen molar-refractivity contribution in [3.63, 3.8) is 0 Å². The van der Waals surface area contributed by atoms with Crippen LogP contribution in [-0.2, 0) is 0 Å². The first-order valence-electron chi connectivity index (χ1n) is 4.89. The van der Waals surface area contributed by atoms with Crippen molar-refractivity contribution in [2.75, 3.05) is 18.2 Å². The van der Waals surface area contributed by atoms with Gasteiger partial charge in [-0.25, -0.2) is 0 Å². The molecule has 0 bridgehead atoms. The summed E-state index contributed by atoms with van der Waals surface area (Å²) in [4.78, 5) is 0.522. The normalized spacial score (nSPS) is 15.5. The summed E-state index contributed by atoms with van der Waals surface area (Å²) in [5, 5.41) is 13.1. The first-order chi connectivity index (χ1) is 7.26. The highest BCUT2D eigenvalue weighted by Gasteiger charge is 2.22. The zero-order valence-corrected chi connectivity index (χ0v) is 9.36. The largest absolute Gasteiger partial charge is 0.492 e. The van der Waals surface area contributed by atoms with E-state index >= 15 is 0 Å². The number of anilines is 2. The Morgan fingerprint density at radius 3 is 2.80 bits per heavy atom. The summed E-state index contributed by atoms with van der Waals surface area (Å²) in [6.45, 7) is 0. The van der Waals surface area contributed by atoms with E-state index in [1.165, 1.54) is 30.6 Å². The molecule has 1 aromatic rings. The van der Waals surface area contributed by atoms with Crippen LogP contribution in [0.5, 0.6) is 5.75 Å². The van der Waals surface area contributed by atoms with Crippen molar-refractivity contribution < 1.29 is 4.74 Å². The Balaban J connectivity index is 2.25. The van der Waals surface area contributed by atoms with Crippen LogP contribution in [0.15, 0.2) is 0 Å². The topological polar surface area (TPSA) is 71.1 Å². The van der Waals surface area contributed by atoms with Crippen LogP contribution in [0.1, 0.15) is 24.1 Å². The number of ether oxygens (including phenoxy) is 1. The average molecular weight is 223 g/mol. The van der Waals surface area contributed by atoms with Crippen molar-refractivity contribution in [1.29, 1.82) is 5.26 Å². The molecule has 1 aliphatic rings. The van der Waals surface area contributed by atoms with E-state index in [0.717, 1.165) is 5.00 Å². The number of rotatable bonds is 3. The Kier molecular flexibility index (Phi) is 2.69. The van der Waals surface area contributed by atoms with Gasteiger partial charge in [-0.05, 0) is 19.3 Å². The van der Waals surface area contributed by atoms with Crippen molar-refractivity contribution in [2.45, 2.75) is 25.3 Å². The fourth-order valence-corrected chi connectivity index (χ4v) is 2.51. The lowest BCUT2D eigenvalue weighted by atomic mass is 9.93. The van der Waals surface area contributed by atoms with E-state index in [1.807, 2.05) is 0 Å². The molecule has 80 valence electrons. The highest BCUT2D eigenvalue weighted by molar-refractivity contribution is 7.17. The van der Waals surface area contributed by atoms with Gasteiger partial charge in [-0.2, -0.15) is 5.26 Å². The second-order valence-electron chi connectivity index (χ2n) is 3.59. The molecule has 0 unspecified atom stereocenters. The summed E-state index contributed by atoms with van der Waals surface area (Å²) >= 11 is 1.37. The second-order valence-corrected chi connectivity index (χ2v) is 4.61. The van der Waals surface area contributed by atoms with Crippen LogP contribution < -0.4 is 15.8 Å². The van der Waals surface area contributed by atoms with Crippen molar-refractivity contribution in [3.8, 4) is 11.8 Å². The summed E-state index contributed by atoms with van der Waals surface area (Å²) in [6, 6.07) is 2.59. The predicted molar refractivity (Wildman–Crippen MR) is 61.3 cm³/mol. The predicted octanol–water partition coefficient (Wildman–Crippen LogP) is 2.17. The van der Waals surface area contributed by atoms with Crippen LogP contribution in [0, 0.1) is 11.3 Å². The van der Waals surface area contributed by atoms with Crippen LogP contribution in [0.3, 0.4) is 0 Å². The van der Waals surface area contributed by atoms with Crippen LogP contribution >= 0.6 is 11.3 Å². The van der Waals surface area contributed by atoms with E-state index in [9.17, 15) is 0 Å². The number of thiophene rings is 1. The molecule has 5 heteroatoms. The summed E-state index contributed by atoms with van der Waals surface area (Å²) in [7, 11) is 1.57. The van der Waals surface area contributed by atoms with Crippen molar-refractivity contribution in [1.82, 2.24) is 0 Å². The Hall–Kier alpha value is -1.41. The van der Waals surface area contributed by atoms with Gasteiger partial charge < -0.3 is 15.8 Å². The third-order valence-corrected chi connectivity index (χ3v) is 3.67. The summed E-state index contributed by atoms with van der Waals surface area (Å²) < 4.78 is 5.20. The standard InChI is InChI=1S/C10H13N3OS/c1-14-9-8(12)7(5-11)15-10(9)13-6-3-2-4-6/h6,13H,2-4,12H2,1H3. The molecule has 0 amide bonds. The van der Waals surface area contributed by atoms with Crippen LogP contribution in [0.25, 0.3) is 0 Å². The van der Waals surface area contributed by atoms with E-state index < -0.39 is 0 Å². The quantitative estimate of drug-likeness (QED) is 0.823. The Labute approximate surface area is 92.7 Å². The number of hydrogen-bond donors (Lipinski definition) is 2. The molecule has 0 saturated heterocycles. The minimum atomic E-state index is 0.451. The molecule has 0 radical (unpaired) electrons. The number of nitriles is 1. The van der Waals surface area contributed by atoms with Gasteiger partial charge in [0.25, 0.3) is 0 Å². The minimum Gasteiger partial charge on any atom is -0.492 e. The van der Waals surface area contributed by atoms with Gasteiger partial charge in [0.15, 0.2) is 5.75 Å². The summed E-state index contributed by atoms with van der Waals surface area (Å²) in [6.07, 6.45) is 3.64. The monoisotopic (exact) mass is 223 g/mol. The van der Waals surface area contributed by atoms with E-state index in [1.54, 1.807) is 7.11 Å².